The van der Waals surface area contributed by atoms with Crippen LogP contribution in [0.5, 0.6) is 0 Å². The maximum absolute atomic E-state index is 11.9. The second-order valence-electron chi connectivity index (χ2n) is 18.4. The van der Waals surface area contributed by atoms with Crippen LogP contribution in [-0.2, 0) is 0 Å². The molecular weight excluding hydrogens is 889 g/mol. The summed E-state index contributed by atoms with van der Waals surface area (Å²) in [6.07, 6.45) is 0. The van der Waals surface area contributed by atoms with Crippen LogP contribution in [0.3, 0.4) is 0 Å². The van der Waals surface area contributed by atoms with Gasteiger partial charge in [-0.25, -0.2) is 0 Å². The zero-order chi connectivity index (χ0) is 48.6. The summed E-state index contributed by atoms with van der Waals surface area (Å²) in [6, 6.07) is 89.3. The largest absolute Gasteiger partial charge is 0.453 e. The number of fused-ring (bicyclic) bond motifs is 10. The van der Waals surface area contributed by atoms with Crippen LogP contribution in [0.4, 0.5) is 0 Å². The molecule has 3 heterocycles. The van der Waals surface area contributed by atoms with Crippen molar-refractivity contribution in [1.29, 1.82) is 10.5 Å². The third-order valence-corrected chi connectivity index (χ3v) is 14.6. The molecule has 0 N–H and O–H groups in total. The molecular formula is C68H40N4O. The summed E-state index contributed by atoms with van der Waals surface area (Å²) in [7, 11) is 0. The smallest absolute Gasteiger partial charge is 0.162 e. The molecule has 73 heavy (non-hydrogen) atoms. The molecule has 0 radical (unpaired) electrons. The summed E-state index contributed by atoms with van der Waals surface area (Å²) < 4.78 is 12.4. The highest BCUT2D eigenvalue weighted by Crippen LogP contribution is 2.56. The number of rotatable bonds is 7. The van der Waals surface area contributed by atoms with E-state index in [0.29, 0.717) is 38.9 Å². The second kappa shape index (κ2) is 16.7. The van der Waals surface area contributed by atoms with Crippen molar-refractivity contribution in [3.8, 4) is 79.1 Å². The fourth-order valence-electron chi connectivity index (χ4n) is 11.7. The molecule has 0 aliphatic rings. The molecule has 0 bridgehead atoms. The predicted octanol–water partition coefficient (Wildman–Crippen LogP) is 17.9. The van der Waals surface area contributed by atoms with Crippen molar-refractivity contribution >= 4 is 65.6 Å². The van der Waals surface area contributed by atoms with E-state index in [-0.39, 0.29) is 0 Å². The van der Waals surface area contributed by atoms with Crippen LogP contribution in [0.25, 0.3) is 133 Å². The van der Waals surface area contributed by atoms with Crippen molar-refractivity contribution in [2.24, 2.45) is 0 Å². The van der Waals surface area contributed by atoms with E-state index in [1.807, 2.05) is 60.7 Å². The fraction of sp³-hybridized carbons (Fsp3) is 0. The Labute approximate surface area is 420 Å². The summed E-state index contributed by atoms with van der Waals surface area (Å²) in [5.41, 5.74) is 16.5. The number of hydrogen-bond acceptors (Lipinski definition) is 3. The summed E-state index contributed by atoms with van der Waals surface area (Å²) in [5, 5.41) is 29.6. The van der Waals surface area contributed by atoms with Crippen molar-refractivity contribution < 1.29 is 4.42 Å². The first kappa shape index (κ1) is 41.7. The Morgan fingerprint density at radius 1 is 0.301 bits per heavy atom. The molecule has 0 atom stereocenters. The minimum Gasteiger partial charge on any atom is -0.453 e. The average molecular weight is 929 g/mol. The summed E-state index contributed by atoms with van der Waals surface area (Å²) in [4.78, 5) is 0. The number of furan rings is 1. The van der Waals surface area contributed by atoms with E-state index in [0.717, 1.165) is 105 Å². The molecule has 338 valence electrons. The number of aromatic nitrogens is 2. The van der Waals surface area contributed by atoms with Crippen molar-refractivity contribution in [1.82, 2.24) is 9.13 Å². The highest BCUT2D eigenvalue weighted by Gasteiger charge is 2.34. The maximum Gasteiger partial charge on any atom is 0.162 e. The van der Waals surface area contributed by atoms with Gasteiger partial charge in [0.1, 0.15) is 23.4 Å². The Balaban J connectivity index is 1.28. The van der Waals surface area contributed by atoms with Gasteiger partial charge in [-0.15, -0.1) is 0 Å². The molecule has 0 amide bonds. The molecule has 14 rings (SSSR count). The highest BCUT2D eigenvalue weighted by molar-refractivity contribution is 6.29. The van der Waals surface area contributed by atoms with E-state index in [4.69, 9.17) is 4.42 Å². The summed E-state index contributed by atoms with van der Waals surface area (Å²) in [5.74, 6) is 0. The molecule has 11 aromatic carbocycles. The number of nitrogens with zero attached hydrogens (tertiary/aromatic N) is 4. The standard InChI is InChI=1S/C68H40N4O/c69-41-52-57(43-23-7-1-8-24-43)53(42-70)66(72-55-38-22-20-36-51(55)62-56(72)40-39-50-49-35-19-21-37-54(49)71(65(50)62)48-33-17-6-18-34-48)68-63(52)64-60(46-29-13-4-14-30-46)58(44-25-9-2-10-26-44)59(45-27-11-3-12-28-45)61(67(64)73-68)47-31-15-5-16-32-47/h1-40H. The van der Waals surface area contributed by atoms with E-state index in [9.17, 15) is 10.5 Å². The first-order chi connectivity index (χ1) is 36.2. The highest BCUT2D eigenvalue weighted by atomic mass is 16.3. The van der Waals surface area contributed by atoms with Gasteiger partial charge in [-0.05, 0) is 63.7 Å². The van der Waals surface area contributed by atoms with Gasteiger partial charge in [-0.3, -0.25) is 0 Å². The Kier molecular flexibility index (Phi) is 9.58. The molecule has 0 saturated heterocycles. The lowest BCUT2D eigenvalue weighted by atomic mass is 9.79. The van der Waals surface area contributed by atoms with Gasteiger partial charge in [0.05, 0.1) is 33.2 Å². The number of nitriles is 2. The van der Waals surface area contributed by atoms with Crippen LogP contribution in [0.15, 0.2) is 247 Å². The Morgan fingerprint density at radius 2 is 0.740 bits per heavy atom. The SMILES string of the molecule is N#Cc1c(-c2ccccc2)c(C#N)c2c(oc3c(-c4ccccc4)c(-c4ccccc4)c(-c4ccccc4)c(-c4ccccc4)c32)c1-n1c2ccccc2c2c1ccc1c3ccccc3n(-c3ccccc3)c12. The molecule has 5 nitrogen and oxygen atoms in total. The first-order valence-corrected chi connectivity index (χ1v) is 24.5. The van der Waals surface area contributed by atoms with Crippen LogP contribution in [0, 0.1) is 22.7 Å². The van der Waals surface area contributed by atoms with E-state index in [2.05, 4.69) is 203 Å². The van der Waals surface area contributed by atoms with Gasteiger partial charge in [-0.2, -0.15) is 10.5 Å². The number of benzene rings is 11. The van der Waals surface area contributed by atoms with Gasteiger partial charge in [0.2, 0.25) is 0 Å². The minimum atomic E-state index is 0.342. The van der Waals surface area contributed by atoms with Crippen molar-refractivity contribution in [3.05, 3.63) is 254 Å². The Hall–Kier alpha value is -10.2. The normalized spacial score (nSPS) is 11.5. The molecule has 0 unspecified atom stereocenters. The quantitative estimate of drug-likeness (QED) is 0.160. The predicted molar refractivity (Wildman–Crippen MR) is 299 cm³/mol. The fourth-order valence-corrected chi connectivity index (χ4v) is 11.7. The van der Waals surface area contributed by atoms with Gasteiger partial charge in [0.25, 0.3) is 0 Å². The Morgan fingerprint density at radius 3 is 1.29 bits per heavy atom. The van der Waals surface area contributed by atoms with Gasteiger partial charge < -0.3 is 13.6 Å². The van der Waals surface area contributed by atoms with Crippen LogP contribution in [0.2, 0.25) is 0 Å². The number of hydrogen-bond donors (Lipinski definition) is 0. The Bertz CT molecular complexity index is 4580. The third-order valence-electron chi connectivity index (χ3n) is 14.6. The van der Waals surface area contributed by atoms with E-state index in [1.54, 1.807) is 0 Å². The van der Waals surface area contributed by atoms with Crippen LogP contribution < -0.4 is 0 Å². The lowest BCUT2D eigenvalue weighted by molar-refractivity contribution is 0.667. The van der Waals surface area contributed by atoms with E-state index in [1.165, 1.54) is 0 Å². The maximum atomic E-state index is 11.9. The first-order valence-electron chi connectivity index (χ1n) is 24.5. The molecule has 0 aliphatic heterocycles. The molecule has 5 heteroatoms. The lowest BCUT2D eigenvalue weighted by Gasteiger charge is -2.22. The molecule has 0 fully saturated rings. The van der Waals surface area contributed by atoms with Crippen LogP contribution in [0.1, 0.15) is 11.1 Å². The molecule has 0 spiro atoms. The minimum absolute atomic E-state index is 0.342. The zero-order valence-electron chi connectivity index (χ0n) is 39.3. The monoisotopic (exact) mass is 928 g/mol. The topological polar surface area (TPSA) is 70.6 Å². The van der Waals surface area contributed by atoms with E-state index < -0.39 is 0 Å². The average Bonchev–Trinajstić information content (AvgIpc) is 4.14. The molecule has 3 aromatic heterocycles. The van der Waals surface area contributed by atoms with Gasteiger partial charge in [-0.1, -0.05) is 212 Å². The molecule has 0 aliphatic carbocycles. The zero-order valence-corrected chi connectivity index (χ0v) is 39.3. The lowest BCUT2D eigenvalue weighted by Crippen LogP contribution is -2.03. The molecule has 0 saturated carbocycles. The van der Waals surface area contributed by atoms with Gasteiger partial charge in [0.15, 0.2) is 5.58 Å². The van der Waals surface area contributed by atoms with Crippen molar-refractivity contribution in [2.75, 3.05) is 0 Å². The van der Waals surface area contributed by atoms with Crippen molar-refractivity contribution in [2.45, 2.75) is 0 Å². The summed E-state index contributed by atoms with van der Waals surface area (Å²) >= 11 is 0. The second-order valence-corrected chi connectivity index (χ2v) is 18.4. The third kappa shape index (κ3) is 6.20. The van der Waals surface area contributed by atoms with Gasteiger partial charge in [0, 0.05) is 60.3 Å². The van der Waals surface area contributed by atoms with E-state index >= 15 is 0 Å². The van der Waals surface area contributed by atoms with Crippen molar-refractivity contribution in [3.63, 3.8) is 0 Å². The van der Waals surface area contributed by atoms with Gasteiger partial charge >= 0.3 is 0 Å². The van der Waals surface area contributed by atoms with Crippen LogP contribution in [-0.4, -0.2) is 9.13 Å². The van der Waals surface area contributed by atoms with Crippen LogP contribution >= 0.6 is 0 Å². The number of para-hydroxylation sites is 3. The summed E-state index contributed by atoms with van der Waals surface area (Å²) in [6.45, 7) is 0. The molecule has 14 aromatic rings.